The number of hydrogen-bond donors (Lipinski definition) is 1. The quantitative estimate of drug-likeness (QED) is 0.590. The van der Waals surface area contributed by atoms with Gasteiger partial charge >= 0.3 is 0 Å². The molecular weight excluding hydrogens is 374 g/mol. The van der Waals surface area contributed by atoms with Gasteiger partial charge in [0, 0.05) is 13.1 Å². The van der Waals surface area contributed by atoms with Crippen LogP contribution in [0.15, 0.2) is 23.4 Å². The number of amides is 1. The van der Waals surface area contributed by atoms with Gasteiger partial charge in [0.1, 0.15) is 12.4 Å². The summed E-state index contributed by atoms with van der Waals surface area (Å²) in [7, 11) is 0. The Morgan fingerprint density at radius 2 is 1.96 bits per heavy atom. The van der Waals surface area contributed by atoms with E-state index in [0.29, 0.717) is 28.6 Å². The Morgan fingerprint density at radius 1 is 1.25 bits per heavy atom. The van der Waals surface area contributed by atoms with Crippen molar-refractivity contribution >= 4 is 17.7 Å². The van der Waals surface area contributed by atoms with Gasteiger partial charge in [0.25, 0.3) is 0 Å². The highest BCUT2D eigenvalue weighted by Gasteiger charge is 2.25. The molecule has 1 aliphatic heterocycles. The first-order chi connectivity index (χ1) is 13.3. The number of nitrogens with two attached hydrogens (primary N) is 1. The van der Waals surface area contributed by atoms with Crippen LogP contribution in [0.3, 0.4) is 0 Å². The van der Waals surface area contributed by atoms with Crippen LogP contribution in [-0.4, -0.2) is 44.5 Å². The number of aryl methyl sites for hydroxylation is 2. The molecule has 2 atom stereocenters. The third-order valence-corrected chi connectivity index (χ3v) is 5.90. The summed E-state index contributed by atoms with van der Waals surface area (Å²) in [5, 5.41) is 8.74. The highest BCUT2D eigenvalue weighted by atomic mass is 32.2. The van der Waals surface area contributed by atoms with Gasteiger partial charge in [-0.25, -0.2) is 4.68 Å². The summed E-state index contributed by atoms with van der Waals surface area (Å²) >= 11 is 1.32. The fourth-order valence-electron chi connectivity index (χ4n) is 3.69. The molecule has 1 aromatic heterocycles. The largest absolute Gasteiger partial charge is 0.485 e. The second-order valence-electron chi connectivity index (χ2n) is 7.86. The summed E-state index contributed by atoms with van der Waals surface area (Å²) in [6.45, 7) is 10.3. The van der Waals surface area contributed by atoms with Crippen molar-refractivity contribution in [3.63, 3.8) is 0 Å². The number of carbonyl (C=O) groups excluding carboxylic acids is 1. The summed E-state index contributed by atoms with van der Waals surface area (Å²) in [5.41, 5.74) is 2.25. The summed E-state index contributed by atoms with van der Waals surface area (Å²) in [5.74, 6) is 8.95. The Morgan fingerprint density at radius 3 is 2.64 bits per heavy atom. The second kappa shape index (κ2) is 8.86. The highest BCUT2D eigenvalue weighted by molar-refractivity contribution is 7.99. The van der Waals surface area contributed by atoms with Crippen molar-refractivity contribution in [2.45, 2.75) is 45.9 Å². The maximum absolute atomic E-state index is 12.5. The molecule has 1 aliphatic rings. The van der Waals surface area contributed by atoms with Gasteiger partial charge in [0.2, 0.25) is 11.1 Å². The molecule has 0 bridgehead atoms. The minimum atomic E-state index is 0.125. The van der Waals surface area contributed by atoms with E-state index >= 15 is 0 Å². The van der Waals surface area contributed by atoms with Crippen molar-refractivity contribution in [2.24, 2.45) is 11.8 Å². The molecule has 2 N–H and O–H groups in total. The van der Waals surface area contributed by atoms with E-state index in [2.05, 4.69) is 30.1 Å². The lowest BCUT2D eigenvalue weighted by Gasteiger charge is -2.34. The molecule has 7 nitrogen and oxygen atoms in total. The number of ether oxygens (including phenoxy) is 1. The van der Waals surface area contributed by atoms with Crippen molar-refractivity contribution in [1.29, 1.82) is 0 Å². The SMILES string of the molecule is Cc1ccc(OCc2nnc(SCC(=O)N3C[C@H](C)C[C@H](C)C3)n2N)c(C)c1. The molecule has 2 aromatic rings. The van der Waals surface area contributed by atoms with Crippen LogP contribution in [0.25, 0.3) is 0 Å². The van der Waals surface area contributed by atoms with E-state index < -0.39 is 0 Å². The summed E-state index contributed by atoms with van der Waals surface area (Å²) in [4.78, 5) is 14.5. The molecule has 1 amide bonds. The lowest BCUT2D eigenvalue weighted by Crippen LogP contribution is -2.43. The standard InChI is InChI=1S/C20H29N5O2S/c1-13-5-6-17(16(4)8-13)27-11-18-22-23-20(25(18)21)28-12-19(26)24-9-14(2)7-15(3)10-24/h5-6,8,14-15H,7,9-12,21H2,1-4H3/t14-,15+. The average Bonchev–Trinajstić information content (AvgIpc) is 2.98. The molecular formula is C20H29N5O2S. The molecule has 1 aromatic carbocycles. The Kier molecular flexibility index (Phi) is 6.49. The number of likely N-dealkylation sites (tertiary alicyclic amines) is 1. The van der Waals surface area contributed by atoms with Crippen LogP contribution in [-0.2, 0) is 11.4 Å². The van der Waals surface area contributed by atoms with Crippen molar-refractivity contribution in [3.05, 3.63) is 35.2 Å². The van der Waals surface area contributed by atoms with Crippen LogP contribution >= 0.6 is 11.8 Å². The first kappa shape index (κ1) is 20.5. The van der Waals surface area contributed by atoms with Gasteiger partial charge in [0.15, 0.2) is 5.82 Å². The first-order valence-corrected chi connectivity index (χ1v) is 10.6. The molecule has 8 heteroatoms. The molecule has 0 radical (unpaired) electrons. The predicted molar refractivity (Wildman–Crippen MR) is 111 cm³/mol. The molecule has 28 heavy (non-hydrogen) atoms. The number of benzene rings is 1. The summed E-state index contributed by atoms with van der Waals surface area (Å²) < 4.78 is 7.23. The normalized spacial score (nSPS) is 19.6. The Bertz CT molecular complexity index is 828. The molecule has 152 valence electrons. The molecule has 2 heterocycles. The zero-order valence-corrected chi connectivity index (χ0v) is 17.8. The van der Waals surface area contributed by atoms with Gasteiger partial charge in [-0.2, -0.15) is 0 Å². The number of carbonyl (C=O) groups is 1. The van der Waals surface area contributed by atoms with Gasteiger partial charge < -0.3 is 15.5 Å². The highest BCUT2D eigenvalue weighted by Crippen LogP contribution is 2.23. The maximum atomic E-state index is 12.5. The van der Waals surface area contributed by atoms with Crippen LogP contribution in [0.4, 0.5) is 0 Å². The van der Waals surface area contributed by atoms with Crippen LogP contribution < -0.4 is 10.6 Å². The van der Waals surface area contributed by atoms with Crippen LogP contribution in [0.1, 0.15) is 37.2 Å². The molecule has 0 saturated carbocycles. The summed E-state index contributed by atoms with van der Waals surface area (Å²) in [6, 6.07) is 6.01. The van der Waals surface area contributed by atoms with Crippen LogP contribution in [0.2, 0.25) is 0 Å². The Hall–Kier alpha value is -2.22. The summed E-state index contributed by atoms with van der Waals surface area (Å²) in [6.07, 6.45) is 1.18. The minimum absolute atomic E-state index is 0.125. The van der Waals surface area contributed by atoms with Crippen LogP contribution in [0.5, 0.6) is 5.75 Å². The number of thioether (sulfide) groups is 1. The van der Waals surface area contributed by atoms with Crippen molar-refractivity contribution < 1.29 is 9.53 Å². The van der Waals surface area contributed by atoms with Crippen LogP contribution in [0, 0.1) is 25.7 Å². The zero-order valence-electron chi connectivity index (χ0n) is 17.0. The smallest absolute Gasteiger partial charge is 0.233 e. The lowest BCUT2D eigenvalue weighted by atomic mass is 9.92. The van der Waals surface area contributed by atoms with Gasteiger partial charge in [-0.3, -0.25) is 4.79 Å². The van der Waals surface area contributed by atoms with E-state index in [1.165, 1.54) is 28.4 Å². The number of nitrogen functional groups attached to an aromatic ring is 1. The molecule has 0 spiro atoms. The lowest BCUT2D eigenvalue weighted by molar-refractivity contribution is -0.130. The molecule has 0 aliphatic carbocycles. The van der Waals surface area contributed by atoms with Crippen molar-refractivity contribution in [2.75, 3.05) is 24.7 Å². The van der Waals surface area contributed by atoms with Gasteiger partial charge in [0.05, 0.1) is 5.75 Å². The zero-order chi connectivity index (χ0) is 20.3. The monoisotopic (exact) mass is 403 g/mol. The fourth-order valence-corrected chi connectivity index (χ4v) is 4.47. The first-order valence-electron chi connectivity index (χ1n) is 9.63. The van der Waals surface area contributed by atoms with Crippen molar-refractivity contribution in [1.82, 2.24) is 19.8 Å². The molecule has 0 unspecified atom stereocenters. The molecule has 1 fully saturated rings. The van der Waals surface area contributed by atoms with Gasteiger partial charge in [-0.05, 0) is 43.7 Å². The number of nitrogens with zero attached hydrogens (tertiary/aromatic N) is 4. The van der Waals surface area contributed by atoms with E-state index in [1.807, 2.05) is 30.9 Å². The van der Waals surface area contributed by atoms with E-state index in [-0.39, 0.29) is 12.5 Å². The average molecular weight is 404 g/mol. The number of aromatic nitrogens is 3. The third-order valence-electron chi connectivity index (χ3n) is 4.97. The third kappa shape index (κ3) is 4.98. The Labute approximate surface area is 170 Å². The second-order valence-corrected chi connectivity index (χ2v) is 8.80. The van der Waals surface area contributed by atoms with Crippen molar-refractivity contribution in [3.8, 4) is 5.75 Å². The number of piperidine rings is 1. The van der Waals surface area contributed by atoms with E-state index in [9.17, 15) is 4.79 Å². The number of hydrogen-bond acceptors (Lipinski definition) is 6. The van der Waals surface area contributed by atoms with Gasteiger partial charge in [-0.15, -0.1) is 10.2 Å². The molecule has 1 saturated heterocycles. The maximum Gasteiger partial charge on any atom is 0.233 e. The van der Waals surface area contributed by atoms with E-state index in [0.717, 1.165) is 24.4 Å². The molecule has 3 rings (SSSR count). The Balaban J connectivity index is 1.55. The van der Waals surface area contributed by atoms with E-state index in [1.54, 1.807) is 0 Å². The van der Waals surface area contributed by atoms with Gasteiger partial charge in [-0.1, -0.05) is 43.3 Å². The fraction of sp³-hybridized carbons (Fsp3) is 0.550. The number of rotatable bonds is 6. The van der Waals surface area contributed by atoms with E-state index in [4.69, 9.17) is 10.6 Å². The predicted octanol–water partition coefficient (Wildman–Crippen LogP) is 2.78. The minimum Gasteiger partial charge on any atom is -0.485 e. The topological polar surface area (TPSA) is 86.3 Å².